The normalized spacial score (nSPS) is 11.5. The van der Waals surface area contributed by atoms with Crippen molar-refractivity contribution in [2.45, 2.75) is 26.6 Å². The van der Waals surface area contributed by atoms with Crippen molar-refractivity contribution in [2.75, 3.05) is 11.9 Å². The van der Waals surface area contributed by atoms with Crippen LogP contribution < -0.4 is 10.1 Å². The maximum absolute atomic E-state index is 14.5. The third kappa shape index (κ3) is 5.21. The van der Waals surface area contributed by atoms with Gasteiger partial charge in [0.2, 0.25) is 0 Å². The summed E-state index contributed by atoms with van der Waals surface area (Å²) in [4.78, 5) is 30.2. The van der Waals surface area contributed by atoms with Gasteiger partial charge in [0.25, 0.3) is 11.7 Å². The summed E-state index contributed by atoms with van der Waals surface area (Å²) in [6.07, 6.45) is -3.52. The SMILES string of the molecule is CCOc1ccc2c(c1)c(C(=O)C(=O)Nc1ccnc(C)c1)c(C(F)(F)F)n2Cc1ccc(Cl)cc1. The molecule has 0 unspecified atom stereocenters. The number of alkyl halides is 3. The average molecular weight is 516 g/mol. The van der Waals surface area contributed by atoms with Gasteiger partial charge < -0.3 is 14.6 Å². The van der Waals surface area contributed by atoms with E-state index in [1.165, 1.54) is 36.5 Å². The van der Waals surface area contributed by atoms with E-state index in [0.29, 0.717) is 16.3 Å². The molecule has 0 spiro atoms. The van der Waals surface area contributed by atoms with Crippen molar-refractivity contribution in [1.82, 2.24) is 9.55 Å². The summed E-state index contributed by atoms with van der Waals surface area (Å²) in [5.74, 6) is -2.23. The molecule has 0 fully saturated rings. The number of hydrogen-bond acceptors (Lipinski definition) is 4. The van der Waals surface area contributed by atoms with E-state index in [2.05, 4.69) is 10.3 Å². The fraction of sp³-hybridized carbons (Fsp3) is 0.192. The van der Waals surface area contributed by atoms with Crippen LogP contribution in [0.5, 0.6) is 5.75 Å². The first-order valence-electron chi connectivity index (χ1n) is 11.0. The van der Waals surface area contributed by atoms with E-state index in [4.69, 9.17) is 16.3 Å². The zero-order valence-electron chi connectivity index (χ0n) is 19.3. The molecule has 1 N–H and O–H groups in total. The number of benzene rings is 2. The number of amides is 1. The summed E-state index contributed by atoms with van der Waals surface area (Å²) >= 11 is 5.92. The summed E-state index contributed by atoms with van der Waals surface area (Å²) in [5.41, 5.74) is -0.474. The molecule has 186 valence electrons. The summed E-state index contributed by atoms with van der Waals surface area (Å²) < 4.78 is 50.0. The molecular formula is C26H21ClF3N3O3. The van der Waals surface area contributed by atoms with Crippen LogP contribution in [0.25, 0.3) is 10.9 Å². The number of aromatic nitrogens is 2. The highest BCUT2D eigenvalue weighted by Crippen LogP contribution is 2.40. The quantitative estimate of drug-likeness (QED) is 0.232. The van der Waals surface area contributed by atoms with Gasteiger partial charge in [0.15, 0.2) is 0 Å². The number of ether oxygens (including phenoxy) is 1. The van der Waals surface area contributed by atoms with Gasteiger partial charge in [-0.3, -0.25) is 14.6 Å². The van der Waals surface area contributed by atoms with E-state index >= 15 is 0 Å². The molecule has 0 bridgehead atoms. The van der Waals surface area contributed by atoms with Crippen LogP contribution in [0.4, 0.5) is 18.9 Å². The fourth-order valence-corrected chi connectivity index (χ4v) is 4.10. The molecule has 2 heterocycles. The number of aryl methyl sites for hydroxylation is 1. The number of halogens is 4. The number of Topliss-reactive ketones (excluding diaryl/α,β-unsaturated/α-hetero) is 1. The summed E-state index contributed by atoms with van der Waals surface area (Å²) in [6, 6.07) is 13.6. The van der Waals surface area contributed by atoms with Crippen LogP contribution in [-0.4, -0.2) is 27.8 Å². The number of carbonyl (C=O) groups excluding carboxylic acids is 2. The lowest BCUT2D eigenvalue weighted by molar-refractivity contribution is -0.143. The van der Waals surface area contributed by atoms with Gasteiger partial charge in [-0.1, -0.05) is 23.7 Å². The molecule has 0 aliphatic heterocycles. The molecule has 0 radical (unpaired) electrons. The number of pyridine rings is 1. The number of anilines is 1. The summed E-state index contributed by atoms with van der Waals surface area (Å²) in [5, 5.41) is 2.78. The highest BCUT2D eigenvalue weighted by molar-refractivity contribution is 6.48. The number of hydrogen-bond donors (Lipinski definition) is 1. The molecule has 4 rings (SSSR count). The van der Waals surface area contributed by atoms with Crippen molar-refractivity contribution < 1.29 is 27.5 Å². The van der Waals surface area contributed by atoms with Crippen LogP contribution in [0.15, 0.2) is 60.8 Å². The first-order chi connectivity index (χ1) is 17.1. The van der Waals surface area contributed by atoms with E-state index in [9.17, 15) is 22.8 Å². The molecular weight excluding hydrogens is 495 g/mol. The molecule has 0 saturated heterocycles. The van der Waals surface area contributed by atoms with Crippen LogP contribution in [0.2, 0.25) is 5.02 Å². The molecule has 6 nitrogen and oxygen atoms in total. The Bertz CT molecular complexity index is 1450. The third-order valence-corrected chi connectivity index (χ3v) is 5.71. The lowest BCUT2D eigenvalue weighted by Gasteiger charge is -2.15. The number of ketones is 1. The highest BCUT2D eigenvalue weighted by atomic mass is 35.5. The molecule has 0 aliphatic rings. The number of fused-ring (bicyclic) bond motifs is 1. The van der Waals surface area contributed by atoms with E-state index < -0.39 is 29.1 Å². The Kier molecular flexibility index (Phi) is 7.03. The Morgan fingerprint density at radius 1 is 1.08 bits per heavy atom. The molecule has 1 amide bonds. The average Bonchev–Trinajstić information content (AvgIpc) is 3.14. The Hall–Kier alpha value is -3.85. The summed E-state index contributed by atoms with van der Waals surface area (Å²) in [7, 11) is 0. The molecule has 36 heavy (non-hydrogen) atoms. The number of carbonyl (C=O) groups is 2. The maximum atomic E-state index is 14.5. The van der Waals surface area contributed by atoms with Crippen molar-refractivity contribution in [2.24, 2.45) is 0 Å². The minimum Gasteiger partial charge on any atom is -0.494 e. The van der Waals surface area contributed by atoms with Gasteiger partial charge in [-0.25, -0.2) is 0 Å². The second-order valence-electron chi connectivity index (χ2n) is 8.02. The fourth-order valence-electron chi connectivity index (χ4n) is 3.98. The van der Waals surface area contributed by atoms with Crippen molar-refractivity contribution in [3.63, 3.8) is 0 Å². The van der Waals surface area contributed by atoms with Gasteiger partial charge in [0, 0.05) is 40.0 Å². The van der Waals surface area contributed by atoms with Gasteiger partial charge in [-0.15, -0.1) is 0 Å². The van der Waals surface area contributed by atoms with E-state index in [1.807, 2.05) is 0 Å². The van der Waals surface area contributed by atoms with Gasteiger partial charge >= 0.3 is 6.18 Å². The van der Waals surface area contributed by atoms with Gasteiger partial charge in [0.1, 0.15) is 11.4 Å². The Morgan fingerprint density at radius 3 is 2.44 bits per heavy atom. The topological polar surface area (TPSA) is 73.2 Å². The zero-order valence-corrected chi connectivity index (χ0v) is 20.1. The van der Waals surface area contributed by atoms with Gasteiger partial charge in [0.05, 0.1) is 12.2 Å². The predicted molar refractivity (Wildman–Crippen MR) is 131 cm³/mol. The molecule has 2 aromatic carbocycles. The first-order valence-corrected chi connectivity index (χ1v) is 11.3. The van der Waals surface area contributed by atoms with Crippen LogP contribution in [-0.2, 0) is 17.5 Å². The predicted octanol–water partition coefficient (Wildman–Crippen LogP) is 6.29. The minimum absolute atomic E-state index is 0.0340. The second-order valence-corrected chi connectivity index (χ2v) is 8.45. The molecule has 2 aromatic heterocycles. The molecule has 10 heteroatoms. The molecule has 0 saturated carbocycles. The molecule has 0 aliphatic carbocycles. The third-order valence-electron chi connectivity index (χ3n) is 5.46. The van der Waals surface area contributed by atoms with Crippen molar-refractivity contribution >= 4 is 39.9 Å². The monoisotopic (exact) mass is 515 g/mol. The lowest BCUT2D eigenvalue weighted by Crippen LogP contribution is -2.26. The van der Waals surface area contributed by atoms with Crippen LogP contribution >= 0.6 is 11.6 Å². The maximum Gasteiger partial charge on any atom is 0.432 e. The smallest absolute Gasteiger partial charge is 0.432 e. The largest absolute Gasteiger partial charge is 0.494 e. The van der Waals surface area contributed by atoms with Crippen LogP contribution in [0.3, 0.4) is 0 Å². The van der Waals surface area contributed by atoms with E-state index in [0.717, 1.165) is 4.57 Å². The van der Waals surface area contributed by atoms with E-state index in [1.54, 1.807) is 38.1 Å². The Balaban J connectivity index is 1.90. The van der Waals surface area contributed by atoms with Crippen molar-refractivity contribution in [1.29, 1.82) is 0 Å². The summed E-state index contributed by atoms with van der Waals surface area (Å²) in [6.45, 7) is 3.48. The van der Waals surface area contributed by atoms with Crippen molar-refractivity contribution in [3.05, 3.63) is 88.3 Å². The standard InChI is InChI=1S/C26H21ClF3N3O3/c1-3-36-19-8-9-21-20(13-19)22(23(34)25(35)32-18-10-11-31-15(2)12-18)24(26(28,29)30)33(21)14-16-4-6-17(27)7-5-16/h4-13H,3,14H2,1-2H3,(H,31,32,35). The minimum atomic E-state index is -4.93. The van der Waals surface area contributed by atoms with E-state index in [-0.39, 0.29) is 35.5 Å². The lowest BCUT2D eigenvalue weighted by atomic mass is 10.0. The van der Waals surface area contributed by atoms with Gasteiger partial charge in [-0.05, 0) is 61.9 Å². The number of nitrogens with one attached hydrogen (secondary N) is 1. The number of rotatable bonds is 7. The highest BCUT2D eigenvalue weighted by Gasteiger charge is 2.42. The van der Waals surface area contributed by atoms with Crippen molar-refractivity contribution in [3.8, 4) is 5.75 Å². The molecule has 0 atom stereocenters. The van der Waals surface area contributed by atoms with Gasteiger partial charge in [-0.2, -0.15) is 13.2 Å². The Morgan fingerprint density at radius 2 is 1.81 bits per heavy atom. The Labute approximate surface area is 209 Å². The zero-order chi connectivity index (χ0) is 26.0. The van der Waals surface area contributed by atoms with Crippen LogP contribution in [0.1, 0.15) is 34.2 Å². The molecule has 4 aromatic rings. The first kappa shape index (κ1) is 25.2. The number of nitrogens with zero attached hydrogens (tertiary/aromatic N) is 2. The second kappa shape index (κ2) is 10.0. The van der Waals surface area contributed by atoms with Crippen LogP contribution in [0, 0.1) is 6.92 Å².